The molecule has 136 valence electrons. The van der Waals surface area contributed by atoms with Crippen LogP contribution in [0.25, 0.3) is 0 Å². The van der Waals surface area contributed by atoms with Crippen LogP contribution >= 0.6 is 0 Å². The van der Waals surface area contributed by atoms with E-state index in [4.69, 9.17) is 14.2 Å². The summed E-state index contributed by atoms with van der Waals surface area (Å²) in [6, 6.07) is 0. The van der Waals surface area contributed by atoms with Crippen LogP contribution < -0.4 is 0 Å². The molecular formula is C19H36O4. The molecule has 0 aromatic heterocycles. The van der Waals surface area contributed by atoms with Crippen LogP contribution in [0.5, 0.6) is 0 Å². The van der Waals surface area contributed by atoms with Gasteiger partial charge in [0.25, 0.3) is 0 Å². The first kappa shape index (κ1) is 20.6. The molecular weight excluding hydrogens is 292 g/mol. The summed E-state index contributed by atoms with van der Waals surface area (Å²) < 4.78 is 16.2. The van der Waals surface area contributed by atoms with Crippen LogP contribution in [0, 0.1) is 0 Å². The van der Waals surface area contributed by atoms with Crippen molar-refractivity contribution in [2.75, 3.05) is 14.2 Å². The van der Waals surface area contributed by atoms with Crippen molar-refractivity contribution in [3.8, 4) is 0 Å². The number of hydrogen-bond acceptors (Lipinski definition) is 4. The fourth-order valence-electron chi connectivity index (χ4n) is 3.24. The molecule has 1 heterocycles. The number of ether oxygens (including phenoxy) is 3. The van der Waals surface area contributed by atoms with Crippen molar-refractivity contribution in [1.82, 2.24) is 0 Å². The van der Waals surface area contributed by atoms with E-state index in [2.05, 4.69) is 6.92 Å². The Morgan fingerprint density at radius 2 is 1.57 bits per heavy atom. The van der Waals surface area contributed by atoms with Crippen molar-refractivity contribution in [2.24, 2.45) is 0 Å². The molecule has 2 unspecified atom stereocenters. The highest BCUT2D eigenvalue weighted by atomic mass is 16.8. The van der Waals surface area contributed by atoms with Gasteiger partial charge in [-0.15, -0.1) is 0 Å². The Hall–Kier alpha value is -0.450. The molecule has 4 nitrogen and oxygen atoms in total. The van der Waals surface area contributed by atoms with E-state index in [1.165, 1.54) is 51.4 Å². The van der Waals surface area contributed by atoms with Crippen molar-refractivity contribution in [3.63, 3.8) is 0 Å². The van der Waals surface area contributed by atoms with Gasteiger partial charge in [-0.1, -0.05) is 64.7 Å². The Kier molecular flexibility index (Phi) is 10.7. The molecule has 0 aromatic carbocycles. The van der Waals surface area contributed by atoms with Gasteiger partial charge >= 0.3 is 0 Å². The van der Waals surface area contributed by atoms with Gasteiger partial charge in [-0.25, -0.2) is 0 Å². The molecule has 0 aliphatic carbocycles. The first-order valence-corrected chi connectivity index (χ1v) is 9.47. The maximum atomic E-state index is 12.4. The van der Waals surface area contributed by atoms with Crippen LogP contribution in [0.15, 0.2) is 0 Å². The lowest BCUT2D eigenvalue weighted by Crippen LogP contribution is -2.41. The van der Waals surface area contributed by atoms with Crippen LogP contribution in [0.4, 0.5) is 0 Å². The zero-order valence-corrected chi connectivity index (χ0v) is 15.4. The zero-order chi connectivity index (χ0) is 17.0. The van der Waals surface area contributed by atoms with Crippen molar-refractivity contribution in [3.05, 3.63) is 0 Å². The van der Waals surface area contributed by atoms with Crippen molar-refractivity contribution >= 4 is 5.78 Å². The van der Waals surface area contributed by atoms with Crippen LogP contribution in [0.2, 0.25) is 0 Å². The van der Waals surface area contributed by atoms with Crippen LogP contribution in [0.3, 0.4) is 0 Å². The number of hydrogen-bond donors (Lipinski definition) is 0. The van der Waals surface area contributed by atoms with Crippen LogP contribution in [-0.2, 0) is 19.0 Å². The maximum absolute atomic E-state index is 12.4. The normalized spacial score (nSPS) is 24.2. The van der Waals surface area contributed by atoms with Gasteiger partial charge < -0.3 is 14.2 Å². The van der Waals surface area contributed by atoms with E-state index >= 15 is 0 Å². The summed E-state index contributed by atoms with van der Waals surface area (Å²) in [5.41, 5.74) is 0. The minimum atomic E-state index is -1.06. The first-order chi connectivity index (χ1) is 11.2. The molecule has 23 heavy (non-hydrogen) atoms. The van der Waals surface area contributed by atoms with E-state index < -0.39 is 5.79 Å². The lowest BCUT2D eigenvalue weighted by molar-refractivity contribution is -0.245. The SMILES string of the molecule is CCCCCCCCCCCCC(=O)C1(OC)CCC(OC)O1. The molecule has 0 saturated carbocycles. The second-order valence-corrected chi connectivity index (χ2v) is 6.63. The highest BCUT2D eigenvalue weighted by Crippen LogP contribution is 2.33. The van der Waals surface area contributed by atoms with Crippen molar-refractivity contribution < 1.29 is 19.0 Å². The van der Waals surface area contributed by atoms with E-state index in [0.717, 1.165) is 12.8 Å². The molecule has 0 bridgehead atoms. The standard InChI is InChI=1S/C19H36O4/c1-4-5-6-7-8-9-10-11-12-13-14-17(20)19(22-3)16-15-18(21-2)23-19/h18H,4-16H2,1-3H3. The average molecular weight is 328 g/mol. The molecule has 0 radical (unpaired) electrons. The Morgan fingerprint density at radius 3 is 2.04 bits per heavy atom. The Morgan fingerprint density at radius 1 is 1.00 bits per heavy atom. The predicted molar refractivity (Wildman–Crippen MR) is 92.3 cm³/mol. The quantitative estimate of drug-likeness (QED) is 0.421. The summed E-state index contributed by atoms with van der Waals surface area (Å²) in [7, 11) is 3.15. The van der Waals surface area contributed by atoms with Crippen LogP contribution in [0.1, 0.15) is 90.4 Å². The molecule has 1 aliphatic rings. The topological polar surface area (TPSA) is 44.8 Å². The summed E-state index contributed by atoms with van der Waals surface area (Å²) in [5.74, 6) is -0.987. The fraction of sp³-hybridized carbons (Fsp3) is 0.947. The van der Waals surface area contributed by atoms with E-state index in [0.29, 0.717) is 19.3 Å². The third-order valence-electron chi connectivity index (χ3n) is 4.81. The molecule has 0 N–H and O–H groups in total. The Labute approximate surface area is 142 Å². The minimum absolute atomic E-state index is 0.0686. The van der Waals surface area contributed by atoms with Crippen LogP contribution in [-0.4, -0.2) is 32.1 Å². The van der Waals surface area contributed by atoms with Crippen molar-refractivity contribution in [2.45, 2.75) is 102 Å². The second kappa shape index (κ2) is 12.0. The summed E-state index contributed by atoms with van der Waals surface area (Å²) >= 11 is 0. The minimum Gasteiger partial charge on any atom is -0.356 e. The van der Waals surface area contributed by atoms with Gasteiger partial charge in [0.15, 0.2) is 12.1 Å². The Balaban J connectivity index is 2.05. The summed E-state index contributed by atoms with van der Waals surface area (Å²) in [4.78, 5) is 12.4. The number of carbonyl (C=O) groups excluding carboxylic acids is 1. The zero-order valence-electron chi connectivity index (χ0n) is 15.4. The van der Waals surface area contributed by atoms with E-state index in [1.807, 2.05) is 0 Å². The third-order valence-corrected chi connectivity index (χ3v) is 4.81. The lowest BCUT2D eigenvalue weighted by atomic mass is 10.0. The molecule has 0 amide bonds. The maximum Gasteiger partial charge on any atom is 0.231 e. The molecule has 1 rings (SSSR count). The molecule has 1 fully saturated rings. The van der Waals surface area contributed by atoms with Gasteiger partial charge in [0.1, 0.15) is 0 Å². The lowest BCUT2D eigenvalue weighted by Gasteiger charge is -2.25. The summed E-state index contributed by atoms with van der Waals surface area (Å²) in [6.45, 7) is 2.25. The number of rotatable bonds is 14. The number of methoxy groups -OCH3 is 2. The molecule has 4 heteroatoms. The summed E-state index contributed by atoms with van der Waals surface area (Å²) in [6.07, 6.45) is 14.2. The molecule has 0 spiro atoms. The molecule has 0 aromatic rings. The van der Waals surface area contributed by atoms with E-state index in [9.17, 15) is 4.79 Å². The van der Waals surface area contributed by atoms with Crippen molar-refractivity contribution in [1.29, 1.82) is 0 Å². The highest BCUT2D eigenvalue weighted by Gasteiger charge is 2.46. The monoisotopic (exact) mass is 328 g/mol. The smallest absolute Gasteiger partial charge is 0.231 e. The van der Waals surface area contributed by atoms with Gasteiger partial charge in [-0.05, 0) is 6.42 Å². The average Bonchev–Trinajstić information content (AvgIpc) is 3.01. The molecule has 1 aliphatic heterocycles. The summed E-state index contributed by atoms with van der Waals surface area (Å²) in [5, 5.41) is 0. The number of unbranched alkanes of at least 4 members (excludes halogenated alkanes) is 9. The van der Waals surface area contributed by atoms with E-state index in [1.54, 1.807) is 14.2 Å². The van der Waals surface area contributed by atoms with E-state index in [-0.39, 0.29) is 12.1 Å². The largest absolute Gasteiger partial charge is 0.356 e. The van der Waals surface area contributed by atoms with Gasteiger partial charge in [0, 0.05) is 33.5 Å². The second-order valence-electron chi connectivity index (χ2n) is 6.63. The predicted octanol–water partition coefficient (Wildman–Crippen LogP) is 4.99. The van der Waals surface area contributed by atoms with Gasteiger partial charge in [0.05, 0.1) is 0 Å². The van der Waals surface area contributed by atoms with Gasteiger partial charge in [-0.3, -0.25) is 4.79 Å². The van der Waals surface area contributed by atoms with Gasteiger partial charge in [-0.2, -0.15) is 0 Å². The first-order valence-electron chi connectivity index (χ1n) is 9.47. The molecule has 2 atom stereocenters. The molecule has 1 saturated heterocycles. The highest BCUT2D eigenvalue weighted by molar-refractivity contribution is 5.86. The van der Waals surface area contributed by atoms with Gasteiger partial charge in [0.2, 0.25) is 5.79 Å². The number of Topliss-reactive ketones (excluding diaryl/α,β-unsaturated/α-hetero) is 1. The number of ketones is 1. The Bertz CT molecular complexity index is 318. The third kappa shape index (κ3) is 7.32. The fourth-order valence-corrected chi connectivity index (χ4v) is 3.24. The number of carbonyl (C=O) groups is 1.